The Balaban J connectivity index is 2.49. The largest absolute Gasteiger partial charge is 0.299 e. The first-order valence-corrected chi connectivity index (χ1v) is 5.69. The molecule has 0 fully saturated rings. The number of hydrogen-bond acceptors (Lipinski definition) is 6. The molecule has 0 N–H and O–H groups in total. The fraction of sp³-hybridized carbons (Fsp3) is 0. The number of rotatable bonds is 5. The summed E-state index contributed by atoms with van der Waals surface area (Å²) in [5.74, 6) is -0.995. The third kappa shape index (κ3) is 3.18. The van der Waals surface area contributed by atoms with E-state index < -0.39 is 27.2 Å². The molecule has 0 unspecified atom stereocenters. The van der Waals surface area contributed by atoms with Gasteiger partial charge in [0.25, 0.3) is 10.8 Å². The molecule has 0 aliphatic carbocycles. The van der Waals surface area contributed by atoms with Crippen molar-refractivity contribution in [3.8, 4) is 5.75 Å². The molecule has 2 aromatic rings. The third-order valence-corrected chi connectivity index (χ3v) is 2.63. The fourth-order valence-corrected chi connectivity index (χ4v) is 1.71. The lowest BCUT2D eigenvalue weighted by molar-refractivity contribution is -0.711. The quantitative estimate of drug-likeness (QED) is 0.474. The summed E-state index contributed by atoms with van der Waals surface area (Å²) in [6.45, 7) is 0. The molecule has 8 heteroatoms. The summed E-state index contributed by atoms with van der Waals surface area (Å²) in [6, 6.07) is 11.1. The Morgan fingerprint density at radius 3 is 2.24 bits per heavy atom. The van der Waals surface area contributed by atoms with Gasteiger partial charge in [-0.25, -0.2) is 0 Å². The average Bonchev–Trinajstić information content (AvgIpc) is 2.46. The van der Waals surface area contributed by atoms with Crippen LogP contribution < -0.4 is 4.84 Å². The molecular weight excluding hydrogens is 280 g/mol. The van der Waals surface area contributed by atoms with E-state index in [-0.39, 0.29) is 5.56 Å². The van der Waals surface area contributed by atoms with E-state index in [1.54, 1.807) is 18.2 Å². The van der Waals surface area contributed by atoms with Gasteiger partial charge in [0, 0.05) is 17.7 Å². The van der Waals surface area contributed by atoms with E-state index in [1.807, 2.05) is 0 Å². The molecule has 0 aliphatic heterocycles. The molecule has 0 aliphatic rings. The SMILES string of the molecule is O=C(c1ccccc1)c1ccc([N+](=O)[O-])cc1O[N+](=O)[O-]. The Hall–Kier alpha value is -3.29. The Labute approximate surface area is 117 Å². The molecule has 0 amide bonds. The lowest BCUT2D eigenvalue weighted by Gasteiger charge is -2.06. The second kappa shape index (κ2) is 5.78. The molecule has 21 heavy (non-hydrogen) atoms. The Morgan fingerprint density at radius 2 is 1.67 bits per heavy atom. The van der Waals surface area contributed by atoms with Gasteiger partial charge in [0.2, 0.25) is 0 Å². The average molecular weight is 288 g/mol. The number of carbonyl (C=O) groups excluding carboxylic acids is 1. The summed E-state index contributed by atoms with van der Waals surface area (Å²) in [5, 5.41) is 20.0. The van der Waals surface area contributed by atoms with Gasteiger partial charge in [-0.15, -0.1) is 10.1 Å². The predicted octanol–water partition coefficient (Wildman–Crippen LogP) is 2.40. The zero-order chi connectivity index (χ0) is 15.4. The van der Waals surface area contributed by atoms with Crippen molar-refractivity contribution >= 4 is 11.5 Å². The van der Waals surface area contributed by atoms with Crippen LogP contribution in [0.5, 0.6) is 5.75 Å². The van der Waals surface area contributed by atoms with Crippen molar-refractivity contribution < 1.29 is 19.6 Å². The van der Waals surface area contributed by atoms with Crippen LogP contribution in [-0.2, 0) is 0 Å². The first-order valence-electron chi connectivity index (χ1n) is 5.69. The highest BCUT2D eigenvalue weighted by atomic mass is 17.0. The molecular formula is C13H8N2O6. The molecule has 0 radical (unpaired) electrons. The van der Waals surface area contributed by atoms with Crippen molar-refractivity contribution in [2.45, 2.75) is 0 Å². The zero-order valence-electron chi connectivity index (χ0n) is 10.5. The normalized spacial score (nSPS) is 9.90. The standard InChI is InChI=1S/C13H8N2O6/c16-13(9-4-2-1-3-5-9)11-7-6-10(14(17)18)8-12(11)21-15(19)20/h1-8H. The summed E-state index contributed by atoms with van der Waals surface area (Å²) < 4.78 is 0. The van der Waals surface area contributed by atoms with Gasteiger partial charge in [0.1, 0.15) is 5.75 Å². The van der Waals surface area contributed by atoms with Gasteiger partial charge in [-0.2, -0.15) is 0 Å². The van der Waals surface area contributed by atoms with Crippen LogP contribution in [0.3, 0.4) is 0 Å². The minimum absolute atomic E-state index is 0.122. The predicted molar refractivity (Wildman–Crippen MR) is 70.6 cm³/mol. The molecule has 2 rings (SSSR count). The van der Waals surface area contributed by atoms with Crippen LogP contribution in [0, 0.1) is 20.2 Å². The van der Waals surface area contributed by atoms with Gasteiger partial charge in [0.15, 0.2) is 5.78 Å². The second-order valence-corrected chi connectivity index (χ2v) is 3.95. The molecule has 0 saturated heterocycles. The van der Waals surface area contributed by atoms with Crippen LogP contribution in [-0.4, -0.2) is 15.8 Å². The summed E-state index contributed by atoms with van der Waals surface area (Å²) in [6.07, 6.45) is 0. The topological polar surface area (TPSA) is 113 Å². The summed E-state index contributed by atoms with van der Waals surface area (Å²) in [5.41, 5.74) is -0.237. The van der Waals surface area contributed by atoms with Gasteiger partial charge in [-0.1, -0.05) is 30.3 Å². The van der Waals surface area contributed by atoms with Crippen LogP contribution >= 0.6 is 0 Å². The third-order valence-electron chi connectivity index (χ3n) is 2.63. The van der Waals surface area contributed by atoms with Crippen molar-refractivity contribution in [2.24, 2.45) is 0 Å². The maximum atomic E-state index is 12.3. The number of nitro groups is 1. The molecule has 0 saturated carbocycles. The molecule has 106 valence electrons. The smallest absolute Gasteiger partial charge is 0.289 e. The number of benzene rings is 2. The summed E-state index contributed by atoms with van der Waals surface area (Å²) in [4.78, 5) is 36.9. The highest BCUT2D eigenvalue weighted by Crippen LogP contribution is 2.27. The van der Waals surface area contributed by atoms with E-state index in [0.717, 1.165) is 18.2 Å². The van der Waals surface area contributed by atoms with Crippen molar-refractivity contribution in [2.75, 3.05) is 0 Å². The van der Waals surface area contributed by atoms with Crippen molar-refractivity contribution in [1.82, 2.24) is 0 Å². The van der Waals surface area contributed by atoms with E-state index >= 15 is 0 Å². The van der Waals surface area contributed by atoms with Gasteiger partial charge in [0.05, 0.1) is 10.5 Å². The molecule has 0 spiro atoms. The molecule has 8 nitrogen and oxygen atoms in total. The number of hydrogen-bond donors (Lipinski definition) is 0. The van der Waals surface area contributed by atoms with Crippen molar-refractivity contribution in [3.63, 3.8) is 0 Å². The lowest BCUT2D eigenvalue weighted by Crippen LogP contribution is -2.10. The van der Waals surface area contributed by atoms with E-state index in [9.17, 15) is 25.0 Å². The van der Waals surface area contributed by atoms with E-state index in [2.05, 4.69) is 4.84 Å². The summed E-state index contributed by atoms with van der Waals surface area (Å²) >= 11 is 0. The molecule has 0 heterocycles. The summed E-state index contributed by atoms with van der Waals surface area (Å²) in [7, 11) is 0. The number of nitro benzene ring substituents is 1. The maximum absolute atomic E-state index is 12.3. The minimum atomic E-state index is -1.12. The molecule has 0 aromatic heterocycles. The first kappa shape index (κ1) is 14.1. The lowest BCUT2D eigenvalue weighted by atomic mass is 10.0. The van der Waals surface area contributed by atoms with E-state index in [0.29, 0.717) is 5.56 Å². The first-order chi connectivity index (χ1) is 9.99. The van der Waals surface area contributed by atoms with Crippen molar-refractivity contribution in [1.29, 1.82) is 0 Å². The van der Waals surface area contributed by atoms with E-state index in [4.69, 9.17) is 0 Å². The number of carbonyl (C=O) groups is 1. The van der Waals surface area contributed by atoms with Crippen LogP contribution in [0.25, 0.3) is 0 Å². The number of nitrogens with zero attached hydrogens (tertiary/aromatic N) is 2. The van der Waals surface area contributed by atoms with Crippen LogP contribution in [0.2, 0.25) is 0 Å². The van der Waals surface area contributed by atoms with Gasteiger partial charge >= 0.3 is 0 Å². The van der Waals surface area contributed by atoms with Gasteiger partial charge in [-0.05, 0) is 6.07 Å². The van der Waals surface area contributed by atoms with E-state index in [1.165, 1.54) is 12.1 Å². The molecule has 0 bridgehead atoms. The number of non-ortho nitro benzene ring substituents is 1. The molecule has 2 aromatic carbocycles. The Morgan fingerprint density at radius 1 is 1.00 bits per heavy atom. The van der Waals surface area contributed by atoms with Crippen LogP contribution in [0.15, 0.2) is 48.5 Å². The highest BCUT2D eigenvalue weighted by Gasteiger charge is 2.19. The van der Waals surface area contributed by atoms with Crippen molar-refractivity contribution in [3.05, 3.63) is 79.9 Å². The second-order valence-electron chi connectivity index (χ2n) is 3.95. The zero-order valence-corrected chi connectivity index (χ0v) is 10.5. The monoisotopic (exact) mass is 288 g/mol. The Bertz CT molecular complexity index is 714. The van der Waals surface area contributed by atoms with Gasteiger partial charge in [-0.3, -0.25) is 19.7 Å². The Kier molecular flexibility index (Phi) is 3.89. The number of ketones is 1. The van der Waals surface area contributed by atoms with Gasteiger partial charge < -0.3 is 0 Å². The highest BCUT2D eigenvalue weighted by molar-refractivity contribution is 6.10. The minimum Gasteiger partial charge on any atom is -0.289 e. The van der Waals surface area contributed by atoms with Crippen LogP contribution in [0.4, 0.5) is 5.69 Å². The molecule has 0 atom stereocenters. The van der Waals surface area contributed by atoms with Crippen LogP contribution in [0.1, 0.15) is 15.9 Å². The maximum Gasteiger partial charge on any atom is 0.299 e. The fourth-order valence-electron chi connectivity index (χ4n) is 1.71.